The lowest BCUT2D eigenvalue weighted by molar-refractivity contribution is 0.573. The fraction of sp³-hybridized carbons (Fsp3) is 0.176. The van der Waals surface area contributed by atoms with Crippen LogP contribution >= 0.6 is 22.6 Å². The van der Waals surface area contributed by atoms with Gasteiger partial charge in [-0.05, 0) is 66.3 Å². The van der Waals surface area contributed by atoms with Crippen LogP contribution in [-0.4, -0.2) is 0 Å². The Kier molecular flexibility index (Phi) is 3.70. The van der Waals surface area contributed by atoms with E-state index in [1.54, 1.807) is 0 Å². The van der Waals surface area contributed by atoms with Crippen molar-refractivity contribution in [1.82, 2.24) is 0 Å². The molecule has 0 atom stereocenters. The zero-order chi connectivity index (χ0) is 14.1. The second-order valence-corrected chi connectivity index (χ2v) is 6.19. The van der Waals surface area contributed by atoms with E-state index in [0.29, 0.717) is 0 Å². The van der Waals surface area contributed by atoms with Gasteiger partial charge in [0.15, 0.2) is 0 Å². The Hall–Kier alpha value is -1.49. The SMILES string of the molecule is Cc1cc(I)ccc1NCc1c(C)oc2ccccc12. The maximum absolute atomic E-state index is 5.80. The van der Waals surface area contributed by atoms with Gasteiger partial charge in [0.2, 0.25) is 0 Å². The number of anilines is 1. The zero-order valence-corrected chi connectivity index (χ0v) is 13.7. The Bertz CT molecular complexity index is 761. The fourth-order valence-electron chi connectivity index (χ4n) is 2.45. The van der Waals surface area contributed by atoms with Gasteiger partial charge in [0.25, 0.3) is 0 Å². The first-order chi connectivity index (χ1) is 9.65. The van der Waals surface area contributed by atoms with Crippen LogP contribution in [0.5, 0.6) is 0 Å². The van der Waals surface area contributed by atoms with E-state index in [-0.39, 0.29) is 0 Å². The van der Waals surface area contributed by atoms with E-state index in [4.69, 9.17) is 4.42 Å². The highest BCUT2D eigenvalue weighted by molar-refractivity contribution is 14.1. The number of hydrogen-bond acceptors (Lipinski definition) is 2. The van der Waals surface area contributed by atoms with Gasteiger partial charge < -0.3 is 9.73 Å². The molecular formula is C17H16INO. The van der Waals surface area contributed by atoms with Gasteiger partial charge in [-0.2, -0.15) is 0 Å². The van der Waals surface area contributed by atoms with Crippen molar-refractivity contribution in [2.75, 3.05) is 5.32 Å². The molecule has 0 aliphatic heterocycles. The summed E-state index contributed by atoms with van der Waals surface area (Å²) >= 11 is 2.34. The van der Waals surface area contributed by atoms with Crippen molar-refractivity contribution in [3.05, 3.63) is 62.9 Å². The van der Waals surface area contributed by atoms with Crippen molar-refractivity contribution < 1.29 is 4.42 Å². The fourth-order valence-corrected chi connectivity index (χ4v) is 3.10. The minimum atomic E-state index is 0.782. The molecule has 0 aliphatic carbocycles. The third-order valence-corrected chi connectivity index (χ3v) is 4.22. The number of nitrogens with one attached hydrogen (secondary N) is 1. The molecule has 0 unspecified atom stereocenters. The minimum absolute atomic E-state index is 0.782. The van der Waals surface area contributed by atoms with Gasteiger partial charge in [0.05, 0.1) is 0 Å². The number of aryl methyl sites for hydroxylation is 2. The smallest absolute Gasteiger partial charge is 0.134 e. The summed E-state index contributed by atoms with van der Waals surface area (Å²) in [5.74, 6) is 0.988. The quantitative estimate of drug-likeness (QED) is 0.630. The first kappa shape index (κ1) is 13.5. The molecule has 1 aromatic heterocycles. The molecule has 3 heteroatoms. The molecule has 0 amide bonds. The van der Waals surface area contributed by atoms with E-state index in [1.807, 2.05) is 19.1 Å². The summed E-state index contributed by atoms with van der Waals surface area (Å²) in [5, 5.41) is 4.71. The molecule has 0 saturated heterocycles. The van der Waals surface area contributed by atoms with Gasteiger partial charge in [-0.3, -0.25) is 0 Å². The summed E-state index contributed by atoms with van der Waals surface area (Å²) in [6.45, 7) is 4.94. The van der Waals surface area contributed by atoms with E-state index < -0.39 is 0 Å². The topological polar surface area (TPSA) is 25.2 Å². The first-order valence-electron chi connectivity index (χ1n) is 6.62. The van der Waals surface area contributed by atoms with Crippen molar-refractivity contribution in [2.45, 2.75) is 20.4 Å². The number of rotatable bonds is 3. The Morgan fingerprint density at radius 2 is 1.90 bits per heavy atom. The van der Waals surface area contributed by atoms with Crippen molar-refractivity contribution >= 4 is 39.2 Å². The summed E-state index contributed by atoms with van der Waals surface area (Å²) in [6.07, 6.45) is 0. The molecule has 102 valence electrons. The standard InChI is InChI=1S/C17H16INO/c1-11-9-13(18)7-8-16(11)19-10-15-12(2)20-17-6-4-3-5-14(15)17/h3-9,19H,10H2,1-2H3. The molecule has 3 rings (SSSR count). The number of fused-ring (bicyclic) bond motifs is 1. The molecule has 0 radical (unpaired) electrons. The molecule has 1 heterocycles. The van der Waals surface area contributed by atoms with E-state index in [2.05, 4.69) is 65.2 Å². The van der Waals surface area contributed by atoms with Gasteiger partial charge in [-0.25, -0.2) is 0 Å². The van der Waals surface area contributed by atoms with Crippen molar-refractivity contribution in [3.8, 4) is 0 Å². The first-order valence-corrected chi connectivity index (χ1v) is 7.70. The third kappa shape index (κ3) is 2.54. The highest BCUT2D eigenvalue weighted by Gasteiger charge is 2.10. The Morgan fingerprint density at radius 3 is 2.70 bits per heavy atom. The average molecular weight is 377 g/mol. The van der Waals surface area contributed by atoms with Crippen molar-refractivity contribution in [1.29, 1.82) is 0 Å². The van der Waals surface area contributed by atoms with Crippen LogP contribution in [0.1, 0.15) is 16.9 Å². The van der Waals surface area contributed by atoms with Gasteiger partial charge in [0.1, 0.15) is 11.3 Å². The van der Waals surface area contributed by atoms with E-state index >= 15 is 0 Å². The van der Waals surface area contributed by atoms with Crippen LogP contribution in [0.15, 0.2) is 46.9 Å². The molecule has 0 spiro atoms. The third-order valence-electron chi connectivity index (χ3n) is 3.54. The monoisotopic (exact) mass is 377 g/mol. The largest absolute Gasteiger partial charge is 0.461 e. The lowest BCUT2D eigenvalue weighted by atomic mass is 10.1. The molecule has 2 aromatic carbocycles. The summed E-state index contributed by atoms with van der Waals surface area (Å²) in [6, 6.07) is 14.6. The molecule has 2 nitrogen and oxygen atoms in total. The van der Waals surface area contributed by atoms with Gasteiger partial charge >= 0.3 is 0 Å². The number of para-hydroxylation sites is 1. The maximum Gasteiger partial charge on any atom is 0.134 e. The molecule has 1 N–H and O–H groups in total. The highest BCUT2D eigenvalue weighted by Crippen LogP contribution is 2.26. The predicted molar refractivity (Wildman–Crippen MR) is 92.2 cm³/mol. The molecule has 0 saturated carbocycles. The lowest BCUT2D eigenvalue weighted by Gasteiger charge is -2.09. The Balaban J connectivity index is 1.88. The van der Waals surface area contributed by atoms with E-state index in [1.165, 1.54) is 25.8 Å². The van der Waals surface area contributed by atoms with Gasteiger partial charge in [0, 0.05) is 26.8 Å². The molecular weight excluding hydrogens is 361 g/mol. The Labute approximate surface area is 132 Å². The summed E-state index contributed by atoms with van der Waals surface area (Å²) in [4.78, 5) is 0. The molecule has 20 heavy (non-hydrogen) atoms. The summed E-state index contributed by atoms with van der Waals surface area (Å²) < 4.78 is 7.06. The van der Waals surface area contributed by atoms with Gasteiger partial charge in [-0.15, -0.1) is 0 Å². The maximum atomic E-state index is 5.80. The van der Waals surface area contributed by atoms with Crippen molar-refractivity contribution in [3.63, 3.8) is 0 Å². The van der Waals surface area contributed by atoms with Crippen LogP contribution in [0.25, 0.3) is 11.0 Å². The minimum Gasteiger partial charge on any atom is -0.461 e. The number of halogens is 1. The van der Waals surface area contributed by atoms with E-state index in [9.17, 15) is 0 Å². The molecule has 3 aromatic rings. The molecule has 0 fully saturated rings. The van der Waals surface area contributed by atoms with Crippen LogP contribution in [-0.2, 0) is 6.54 Å². The molecule has 0 bridgehead atoms. The highest BCUT2D eigenvalue weighted by atomic mass is 127. The summed E-state index contributed by atoms with van der Waals surface area (Å²) in [5.41, 5.74) is 4.64. The summed E-state index contributed by atoms with van der Waals surface area (Å²) in [7, 11) is 0. The van der Waals surface area contributed by atoms with Crippen LogP contribution in [0.4, 0.5) is 5.69 Å². The van der Waals surface area contributed by atoms with Crippen LogP contribution in [0, 0.1) is 17.4 Å². The second-order valence-electron chi connectivity index (χ2n) is 4.95. The number of hydrogen-bond donors (Lipinski definition) is 1. The Morgan fingerprint density at radius 1 is 1.10 bits per heavy atom. The second kappa shape index (κ2) is 5.48. The van der Waals surface area contributed by atoms with Crippen LogP contribution in [0.2, 0.25) is 0 Å². The lowest BCUT2D eigenvalue weighted by Crippen LogP contribution is -2.01. The van der Waals surface area contributed by atoms with Crippen molar-refractivity contribution in [2.24, 2.45) is 0 Å². The zero-order valence-electron chi connectivity index (χ0n) is 11.5. The normalized spacial score (nSPS) is 10.9. The van der Waals surface area contributed by atoms with Crippen LogP contribution < -0.4 is 5.32 Å². The molecule has 0 aliphatic rings. The number of furan rings is 1. The van der Waals surface area contributed by atoms with E-state index in [0.717, 1.165) is 17.9 Å². The van der Waals surface area contributed by atoms with Gasteiger partial charge in [-0.1, -0.05) is 18.2 Å². The number of benzene rings is 2. The predicted octanol–water partition coefficient (Wildman–Crippen LogP) is 5.27. The van der Waals surface area contributed by atoms with Crippen LogP contribution in [0.3, 0.4) is 0 Å². The average Bonchev–Trinajstić information content (AvgIpc) is 2.74.